The Hall–Kier alpha value is -2.07. The standard InChI is InChI=1S/C21H27FO3/c1-12(2)21(23,16-9-8-10-17(22)11-16)18-15(5)19(24-6)13(3)14(4)20(18)25-7/h8-12,23H,1-7H3. The molecule has 136 valence electrons. The summed E-state index contributed by atoms with van der Waals surface area (Å²) in [5.41, 5.74) is 2.36. The topological polar surface area (TPSA) is 38.7 Å². The number of aliphatic hydroxyl groups is 1. The van der Waals surface area contributed by atoms with Gasteiger partial charge in [-0.15, -0.1) is 0 Å². The lowest BCUT2D eigenvalue weighted by molar-refractivity contribution is 0.0282. The van der Waals surface area contributed by atoms with Crippen LogP contribution in [-0.4, -0.2) is 19.3 Å². The molecular formula is C21H27FO3. The molecule has 2 rings (SSSR count). The first-order valence-corrected chi connectivity index (χ1v) is 8.40. The number of methoxy groups -OCH3 is 2. The van der Waals surface area contributed by atoms with Crippen molar-refractivity contribution in [1.82, 2.24) is 0 Å². The summed E-state index contributed by atoms with van der Waals surface area (Å²) in [6.07, 6.45) is 0. The number of ether oxygens (including phenoxy) is 2. The molecule has 0 heterocycles. The van der Waals surface area contributed by atoms with Crippen molar-refractivity contribution in [1.29, 1.82) is 0 Å². The normalized spacial score (nSPS) is 13.7. The highest BCUT2D eigenvalue weighted by molar-refractivity contribution is 5.62. The summed E-state index contributed by atoms with van der Waals surface area (Å²) in [5.74, 6) is 0.720. The highest BCUT2D eigenvalue weighted by Crippen LogP contribution is 2.48. The first-order chi connectivity index (χ1) is 11.7. The molecule has 1 unspecified atom stereocenters. The molecule has 0 fully saturated rings. The average molecular weight is 346 g/mol. The van der Waals surface area contributed by atoms with Gasteiger partial charge in [-0.25, -0.2) is 4.39 Å². The van der Waals surface area contributed by atoms with Gasteiger partial charge in [-0.05, 0) is 55.5 Å². The van der Waals surface area contributed by atoms with E-state index >= 15 is 0 Å². The summed E-state index contributed by atoms with van der Waals surface area (Å²) in [6.45, 7) is 9.61. The monoisotopic (exact) mass is 346 g/mol. The molecule has 2 aromatic carbocycles. The van der Waals surface area contributed by atoms with E-state index in [1.54, 1.807) is 26.4 Å². The Morgan fingerprint density at radius 1 is 0.960 bits per heavy atom. The molecule has 0 aromatic heterocycles. The van der Waals surface area contributed by atoms with Gasteiger partial charge in [0.2, 0.25) is 0 Å². The third-order valence-corrected chi connectivity index (χ3v) is 5.08. The van der Waals surface area contributed by atoms with Crippen LogP contribution in [0.4, 0.5) is 4.39 Å². The quantitative estimate of drug-likeness (QED) is 0.856. The first kappa shape index (κ1) is 19.3. The molecule has 0 bridgehead atoms. The summed E-state index contributed by atoms with van der Waals surface area (Å²) < 4.78 is 25.1. The van der Waals surface area contributed by atoms with E-state index in [4.69, 9.17) is 9.47 Å². The Labute approximate surface area is 149 Å². The second-order valence-corrected chi connectivity index (χ2v) is 6.75. The van der Waals surface area contributed by atoms with Crippen molar-refractivity contribution in [2.75, 3.05) is 14.2 Å². The molecule has 0 aliphatic heterocycles. The van der Waals surface area contributed by atoms with E-state index < -0.39 is 5.60 Å². The fraction of sp³-hybridized carbons (Fsp3) is 0.429. The zero-order valence-electron chi connectivity index (χ0n) is 16.0. The van der Waals surface area contributed by atoms with Gasteiger partial charge in [0.05, 0.1) is 14.2 Å². The van der Waals surface area contributed by atoms with Crippen LogP contribution in [0.5, 0.6) is 11.5 Å². The second kappa shape index (κ2) is 7.04. The molecule has 0 saturated heterocycles. The maximum Gasteiger partial charge on any atom is 0.129 e. The summed E-state index contributed by atoms with van der Waals surface area (Å²) in [5, 5.41) is 11.8. The van der Waals surface area contributed by atoms with Gasteiger partial charge in [0.15, 0.2) is 0 Å². The molecule has 0 radical (unpaired) electrons. The zero-order valence-corrected chi connectivity index (χ0v) is 16.0. The van der Waals surface area contributed by atoms with E-state index in [1.807, 2.05) is 34.6 Å². The van der Waals surface area contributed by atoms with Gasteiger partial charge in [0.25, 0.3) is 0 Å². The highest BCUT2D eigenvalue weighted by Gasteiger charge is 2.41. The molecule has 4 heteroatoms. The maximum absolute atomic E-state index is 13.9. The Bertz CT molecular complexity index is 783. The van der Waals surface area contributed by atoms with Gasteiger partial charge in [0.1, 0.15) is 22.9 Å². The van der Waals surface area contributed by atoms with Crippen molar-refractivity contribution in [2.24, 2.45) is 5.92 Å². The van der Waals surface area contributed by atoms with E-state index in [9.17, 15) is 9.50 Å². The van der Waals surface area contributed by atoms with Crippen LogP contribution in [0.3, 0.4) is 0 Å². The van der Waals surface area contributed by atoms with E-state index in [2.05, 4.69) is 0 Å². The van der Waals surface area contributed by atoms with Crippen LogP contribution in [0.2, 0.25) is 0 Å². The lowest BCUT2D eigenvalue weighted by Crippen LogP contribution is -2.35. The first-order valence-electron chi connectivity index (χ1n) is 8.40. The van der Waals surface area contributed by atoms with Crippen molar-refractivity contribution >= 4 is 0 Å². The van der Waals surface area contributed by atoms with Gasteiger partial charge in [-0.1, -0.05) is 26.0 Å². The zero-order chi connectivity index (χ0) is 18.9. The molecule has 0 aliphatic rings. The Kier molecular flexibility index (Phi) is 5.43. The SMILES string of the molecule is COc1c(C)c(C)c(OC)c(C(O)(c2cccc(F)c2)C(C)C)c1C. The van der Waals surface area contributed by atoms with Gasteiger partial charge < -0.3 is 14.6 Å². The maximum atomic E-state index is 13.9. The van der Waals surface area contributed by atoms with Crippen molar-refractivity contribution in [3.8, 4) is 11.5 Å². The van der Waals surface area contributed by atoms with Crippen LogP contribution in [0, 0.1) is 32.5 Å². The van der Waals surface area contributed by atoms with Crippen LogP contribution < -0.4 is 9.47 Å². The number of hydrogen-bond donors (Lipinski definition) is 1. The number of benzene rings is 2. The molecule has 2 aromatic rings. The largest absolute Gasteiger partial charge is 0.496 e. The van der Waals surface area contributed by atoms with Crippen LogP contribution in [0.25, 0.3) is 0 Å². The number of rotatable bonds is 5. The van der Waals surface area contributed by atoms with Gasteiger partial charge in [-0.2, -0.15) is 0 Å². The second-order valence-electron chi connectivity index (χ2n) is 6.75. The van der Waals surface area contributed by atoms with E-state index in [0.29, 0.717) is 22.6 Å². The summed E-state index contributed by atoms with van der Waals surface area (Å²) in [6, 6.07) is 6.09. The Morgan fingerprint density at radius 3 is 2.00 bits per heavy atom. The van der Waals surface area contributed by atoms with Crippen molar-refractivity contribution < 1.29 is 19.0 Å². The van der Waals surface area contributed by atoms with Crippen LogP contribution in [-0.2, 0) is 5.60 Å². The molecule has 25 heavy (non-hydrogen) atoms. The van der Waals surface area contributed by atoms with Crippen LogP contribution in [0.15, 0.2) is 24.3 Å². The van der Waals surface area contributed by atoms with E-state index in [1.165, 1.54) is 12.1 Å². The smallest absolute Gasteiger partial charge is 0.129 e. The summed E-state index contributed by atoms with van der Waals surface area (Å²) >= 11 is 0. The van der Waals surface area contributed by atoms with Gasteiger partial charge in [0, 0.05) is 11.1 Å². The average Bonchev–Trinajstić information content (AvgIpc) is 2.57. The molecule has 0 amide bonds. The van der Waals surface area contributed by atoms with Gasteiger partial charge >= 0.3 is 0 Å². The molecular weight excluding hydrogens is 319 g/mol. The minimum atomic E-state index is -1.41. The van der Waals surface area contributed by atoms with E-state index in [0.717, 1.165) is 16.7 Å². The molecule has 3 nitrogen and oxygen atoms in total. The fourth-order valence-corrected chi connectivity index (χ4v) is 3.61. The Balaban J connectivity index is 2.95. The van der Waals surface area contributed by atoms with Crippen molar-refractivity contribution in [3.63, 3.8) is 0 Å². The summed E-state index contributed by atoms with van der Waals surface area (Å²) in [7, 11) is 3.20. The molecule has 1 N–H and O–H groups in total. The molecule has 0 spiro atoms. The van der Waals surface area contributed by atoms with Gasteiger partial charge in [-0.3, -0.25) is 0 Å². The van der Waals surface area contributed by atoms with Crippen molar-refractivity contribution in [3.05, 3.63) is 57.9 Å². The predicted octanol–water partition coefficient (Wildman–Crippen LogP) is 4.66. The predicted molar refractivity (Wildman–Crippen MR) is 98.0 cm³/mol. The molecule has 0 aliphatic carbocycles. The lowest BCUT2D eigenvalue weighted by atomic mass is 9.74. The van der Waals surface area contributed by atoms with Crippen LogP contribution >= 0.6 is 0 Å². The minimum absolute atomic E-state index is 0.214. The fourth-order valence-electron chi connectivity index (χ4n) is 3.61. The highest BCUT2D eigenvalue weighted by atomic mass is 19.1. The van der Waals surface area contributed by atoms with Crippen molar-refractivity contribution in [2.45, 2.75) is 40.2 Å². The minimum Gasteiger partial charge on any atom is -0.496 e. The lowest BCUT2D eigenvalue weighted by Gasteiger charge is -2.37. The third-order valence-electron chi connectivity index (χ3n) is 5.08. The van der Waals surface area contributed by atoms with Crippen LogP contribution in [0.1, 0.15) is 41.7 Å². The molecule has 0 saturated carbocycles. The number of halogens is 1. The third kappa shape index (κ3) is 2.99. The summed E-state index contributed by atoms with van der Waals surface area (Å²) in [4.78, 5) is 0. The Morgan fingerprint density at radius 2 is 1.52 bits per heavy atom. The van der Waals surface area contributed by atoms with E-state index in [-0.39, 0.29) is 11.7 Å². The number of hydrogen-bond acceptors (Lipinski definition) is 3. The molecule has 1 atom stereocenters.